The molecule has 0 radical (unpaired) electrons. The molecule has 0 amide bonds. The monoisotopic (exact) mass is 267 g/mol. The maximum Gasteiger partial charge on any atom is 0.125 e. The second-order valence-corrected chi connectivity index (χ2v) is 6.23. The summed E-state index contributed by atoms with van der Waals surface area (Å²) in [6.07, 6.45) is 7.36. The van der Waals surface area contributed by atoms with Gasteiger partial charge in [-0.25, -0.2) is 0 Å². The van der Waals surface area contributed by atoms with Crippen LogP contribution in [0.5, 0.6) is 0 Å². The first-order chi connectivity index (χ1) is 9.92. The van der Waals surface area contributed by atoms with Crippen LogP contribution in [0.1, 0.15) is 43.0 Å². The molecule has 4 rings (SSSR count). The summed E-state index contributed by atoms with van der Waals surface area (Å²) < 4.78 is 5.69. The Hall–Kier alpha value is -1.54. The summed E-state index contributed by atoms with van der Waals surface area (Å²) in [5.41, 5.74) is 1.30. The topological polar surface area (TPSA) is 25.2 Å². The van der Waals surface area contributed by atoms with E-state index in [4.69, 9.17) is 4.42 Å². The molecule has 1 aromatic carbocycles. The maximum absolute atomic E-state index is 5.69. The maximum atomic E-state index is 5.69. The first-order valence-corrected chi connectivity index (χ1v) is 7.76. The van der Waals surface area contributed by atoms with Crippen LogP contribution >= 0.6 is 0 Å². The van der Waals surface area contributed by atoms with E-state index in [0.29, 0.717) is 6.04 Å². The Morgan fingerprint density at radius 1 is 0.900 bits per heavy atom. The molecule has 0 bridgehead atoms. The Labute approximate surface area is 120 Å². The van der Waals surface area contributed by atoms with Gasteiger partial charge in [-0.3, -0.25) is 0 Å². The zero-order chi connectivity index (χ0) is 13.4. The Morgan fingerprint density at radius 2 is 1.60 bits per heavy atom. The van der Waals surface area contributed by atoms with Gasteiger partial charge in [0.15, 0.2) is 0 Å². The van der Waals surface area contributed by atoms with E-state index in [9.17, 15) is 0 Å². The summed E-state index contributed by atoms with van der Waals surface area (Å²) in [4.78, 5) is 0. The average Bonchev–Trinajstić information content (AvgIpc) is 3.42. The third kappa shape index (κ3) is 2.53. The molecule has 2 aliphatic rings. The highest BCUT2D eigenvalue weighted by Crippen LogP contribution is 2.45. The van der Waals surface area contributed by atoms with Crippen molar-refractivity contribution in [3.63, 3.8) is 0 Å². The van der Waals surface area contributed by atoms with E-state index in [-0.39, 0.29) is 6.04 Å². The minimum atomic E-state index is 0.192. The second-order valence-electron chi connectivity index (χ2n) is 6.23. The minimum Gasteiger partial charge on any atom is -0.467 e. The molecule has 2 aliphatic carbocycles. The summed E-state index contributed by atoms with van der Waals surface area (Å²) >= 11 is 0. The van der Waals surface area contributed by atoms with Crippen LogP contribution in [0.25, 0.3) is 0 Å². The summed E-state index contributed by atoms with van der Waals surface area (Å²) in [6, 6.07) is 15.6. The SMILES string of the molecule is c1ccc(C(NC(C2CC2)C2CC2)c2ccco2)cc1. The predicted octanol–water partition coefficient (Wildman–Crippen LogP) is 4.15. The number of benzene rings is 1. The van der Waals surface area contributed by atoms with Crippen molar-refractivity contribution < 1.29 is 4.42 Å². The van der Waals surface area contributed by atoms with E-state index in [0.717, 1.165) is 17.6 Å². The third-order valence-electron chi connectivity index (χ3n) is 4.58. The van der Waals surface area contributed by atoms with Crippen molar-refractivity contribution in [2.75, 3.05) is 0 Å². The van der Waals surface area contributed by atoms with Crippen LogP contribution in [0.3, 0.4) is 0 Å². The molecule has 1 heterocycles. The smallest absolute Gasteiger partial charge is 0.125 e. The highest BCUT2D eigenvalue weighted by molar-refractivity contribution is 5.27. The average molecular weight is 267 g/mol. The van der Waals surface area contributed by atoms with Crippen molar-refractivity contribution in [2.45, 2.75) is 37.8 Å². The largest absolute Gasteiger partial charge is 0.467 e. The molecular weight excluding hydrogens is 246 g/mol. The van der Waals surface area contributed by atoms with Crippen LogP contribution in [0.4, 0.5) is 0 Å². The van der Waals surface area contributed by atoms with E-state index >= 15 is 0 Å². The van der Waals surface area contributed by atoms with Crippen molar-refractivity contribution >= 4 is 0 Å². The molecule has 104 valence electrons. The Kier molecular flexibility index (Phi) is 3.12. The molecule has 0 saturated heterocycles. The number of hydrogen-bond acceptors (Lipinski definition) is 2. The Balaban J connectivity index is 1.61. The lowest BCUT2D eigenvalue weighted by Crippen LogP contribution is -2.36. The molecule has 2 saturated carbocycles. The summed E-state index contributed by atoms with van der Waals surface area (Å²) in [5, 5.41) is 3.90. The fourth-order valence-electron chi connectivity index (χ4n) is 3.20. The third-order valence-corrected chi connectivity index (χ3v) is 4.58. The zero-order valence-corrected chi connectivity index (χ0v) is 11.7. The zero-order valence-electron chi connectivity index (χ0n) is 11.7. The van der Waals surface area contributed by atoms with E-state index in [1.165, 1.54) is 31.2 Å². The molecular formula is C18H21NO. The summed E-state index contributed by atoms with van der Waals surface area (Å²) in [6.45, 7) is 0. The van der Waals surface area contributed by atoms with E-state index in [1.54, 1.807) is 6.26 Å². The molecule has 2 fully saturated rings. The first kappa shape index (κ1) is 12.2. The van der Waals surface area contributed by atoms with Crippen molar-refractivity contribution in [1.82, 2.24) is 5.32 Å². The van der Waals surface area contributed by atoms with Crippen molar-refractivity contribution in [3.05, 3.63) is 60.1 Å². The lowest BCUT2D eigenvalue weighted by Gasteiger charge is -2.25. The van der Waals surface area contributed by atoms with E-state index in [2.05, 4.69) is 41.7 Å². The van der Waals surface area contributed by atoms with Gasteiger partial charge in [-0.15, -0.1) is 0 Å². The van der Waals surface area contributed by atoms with Crippen LogP contribution in [0, 0.1) is 11.8 Å². The molecule has 0 spiro atoms. The van der Waals surface area contributed by atoms with Gasteiger partial charge >= 0.3 is 0 Å². The number of furan rings is 1. The standard InChI is InChI=1S/C18H21NO/c1-2-5-13(6-3-1)18(16-7-4-12-20-16)19-17(14-8-9-14)15-10-11-15/h1-7,12,14-15,17-19H,8-11H2. The van der Waals surface area contributed by atoms with Crippen LogP contribution in [-0.4, -0.2) is 6.04 Å². The second kappa shape index (κ2) is 5.10. The predicted molar refractivity (Wildman–Crippen MR) is 79.4 cm³/mol. The van der Waals surface area contributed by atoms with Crippen molar-refractivity contribution in [2.24, 2.45) is 11.8 Å². The molecule has 2 nitrogen and oxygen atoms in total. The van der Waals surface area contributed by atoms with Gasteiger partial charge < -0.3 is 9.73 Å². The van der Waals surface area contributed by atoms with E-state index < -0.39 is 0 Å². The molecule has 20 heavy (non-hydrogen) atoms. The molecule has 1 N–H and O–H groups in total. The summed E-state index contributed by atoms with van der Waals surface area (Å²) in [5.74, 6) is 2.81. The quantitative estimate of drug-likeness (QED) is 0.850. The van der Waals surface area contributed by atoms with Crippen molar-refractivity contribution in [1.29, 1.82) is 0 Å². The van der Waals surface area contributed by atoms with Gasteiger partial charge in [-0.05, 0) is 55.2 Å². The molecule has 1 atom stereocenters. The van der Waals surface area contributed by atoms with Gasteiger partial charge in [0.25, 0.3) is 0 Å². The van der Waals surface area contributed by atoms with Crippen LogP contribution in [0.15, 0.2) is 53.1 Å². The van der Waals surface area contributed by atoms with Gasteiger partial charge in [0.1, 0.15) is 5.76 Å². The highest BCUT2D eigenvalue weighted by atomic mass is 16.3. The molecule has 1 aromatic heterocycles. The van der Waals surface area contributed by atoms with Gasteiger partial charge in [0.2, 0.25) is 0 Å². The number of hydrogen-bond donors (Lipinski definition) is 1. The molecule has 2 heteroatoms. The number of nitrogens with one attached hydrogen (secondary N) is 1. The van der Waals surface area contributed by atoms with Gasteiger partial charge in [0.05, 0.1) is 12.3 Å². The number of rotatable bonds is 6. The van der Waals surface area contributed by atoms with Crippen molar-refractivity contribution in [3.8, 4) is 0 Å². The van der Waals surface area contributed by atoms with Crippen LogP contribution in [0.2, 0.25) is 0 Å². The van der Waals surface area contributed by atoms with Gasteiger partial charge in [-0.2, -0.15) is 0 Å². The Bertz CT molecular complexity index is 528. The molecule has 1 unspecified atom stereocenters. The van der Waals surface area contributed by atoms with Gasteiger partial charge in [0, 0.05) is 6.04 Å². The Morgan fingerprint density at radius 3 is 2.15 bits per heavy atom. The normalized spacial score (nSPS) is 20.2. The van der Waals surface area contributed by atoms with Crippen LogP contribution < -0.4 is 5.32 Å². The lowest BCUT2D eigenvalue weighted by molar-refractivity contribution is 0.354. The highest BCUT2D eigenvalue weighted by Gasteiger charge is 2.42. The lowest BCUT2D eigenvalue weighted by atomic mass is 10.00. The fraction of sp³-hybridized carbons (Fsp3) is 0.444. The molecule has 0 aliphatic heterocycles. The van der Waals surface area contributed by atoms with E-state index in [1.807, 2.05) is 6.07 Å². The fourth-order valence-corrected chi connectivity index (χ4v) is 3.20. The van der Waals surface area contributed by atoms with Gasteiger partial charge in [-0.1, -0.05) is 30.3 Å². The molecule has 2 aromatic rings. The van der Waals surface area contributed by atoms with Crippen LogP contribution in [-0.2, 0) is 0 Å². The first-order valence-electron chi connectivity index (χ1n) is 7.76. The summed E-state index contributed by atoms with van der Waals surface area (Å²) in [7, 11) is 0. The minimum absolute atomic E-state index is 0.192.